The minimum absolute atomic E-state index is 0.919. The fourth-order valence-corrected chi connectivity index (χ4v) is 1.80. The van der Waals surface area contributed by atoms with Gasteiger partial charge in [0.15, 0.2) is 0 Å². The Morgan fingerprint density at radius 2 is 2.38 bits per heavy atom. The first-order chi connectivity index (χ1) is 7.84. The molecule has 0 aromatic carbocycles. The lowest BCUT2D eigenvalue weighted by molar-refractivity contribution is 0.683. The lowest BCUT2D eigenvalue weighted by atomic mass is 10.1. The summed E-state index contributed by atoms with van der Waals surface area (Å²) in [5, 5.41) is 6.63. The van der Waals surface area contributed by atoms with E-state index in [4.69, 9.17) is 0 Å². The number of aromatic nitrogens is 2. The van der Waals surface area contributed by atoms with Crippen molar-refractivity contribution in [3.63, 3.8) is 0 Å². The molecule has 0 atom stereocenters. The van der Waals surface area contributed by atoms with Gasteiger partial charge in [0.05, 0.1) is 0 Å². The molecule has 0 amide bonds. The quantitative estimate of drug-likeness (QED) is 0.752. The lowest BCUT2D eigenvalue weighted by Crippen LogP contribution is -2.21. The summed E-state index contributed by atoms with van der Waals surface area (Å²) in [5.41, 5.74) is 2.54. The van der Waals surface area contributed by atoms with Gasteiger partial charge in [-0.2, -0.15) is 0 Å². The van der Waals surface area contributed by atoms with Gasteiger partial charge in [0.25, 0.3) is 0 Å². The van der Waals surface area contributed by atoms with Crippen LogP contribution in [0.1, 0.15) is 18.5 Å². The molecule has 1 aromatic heterocycles. The Balaban J connectivity index is 1.77. The van der Waals surface area contributed by atoms with Crippen LogP contribution in [0.3, 0.4) is 0 Å². The maximum Gasteiger partial charge on any atom is 0.129 e. The summed E-state index contributed by atoms with van der Waals surface area (Å²) in [7, 11) is 0. The molecule has 4 nitrogen and oxygen atoms in total. The van der Waals surface area contributed by atoms with Crippen LogP contribution in [0.25, 0.3) is 0 Å². The molecule has 0 fully saturated rings. The summed E-state index contributed by atoms with van der Waals surface area (Å²) < 4.78 is 0. The number of nitrogens with one attached hydrogen (secondary N) is 2. The summed E-state index contributed by atoms with van der Waals surface area (Å²) in [4.78, 5) is 8.24. The van der Waals surface area contributed by atoms with Gasteiger partial charge in [-0.1, -0.05) is 11.6 Å². The molecule has 4 heteroatoms. The maximum atomic E-state index is 4.17. The lowest BCUT2D eigenvalue weighted by Gasteiger charge is -2.14. The number of aryl methyl sites for hydroxylation is 1. The van der Waals surface area contributed by atoms with Crippen LogP contribution in [0.4, 0.5) is 5.82 Å². The fraction of sp³-hybridized carbons (Fsp3) is 0.500. The van der Waals surface area contributed by atoms with Crippen molar-refractivity contribution in [3.8, 4) is 0 Å². The average Bonchev–Trinajstić information content (AvgIpc) is 2.30. The van der Waals surface area contributed by atoms with E-state index >= 15 is 0 Å². The first kappa shape index (κ1) is 11.1. The van der Waals surface area contributed by atoms with E-state index in [9.17, 15) is 0 Å². The molecule has 1 aromatic rings. The van der Waals surface area contributed by atoms with Crippen LogP contribution in [-0.2, 0) is 0 Å². The van der Waals surface area contributed by atoms with Gasteiger partial charge in [0.1, 0.15) is 12.1 Å². The monoisotopic (exact) mass is 218 g/mol. The van der Waals surface area contributed by atoms with Crippen molar-refractivity contribution < 1.29 is 0 Å². The Hall–Kier alpha value is -1.42. The van der Waals surface area contributed by atoms with Crippen molar-refractivity contribution in [3.05, 3.63) is 29.7 Å². The highest BCUT2D eigenvalue weighted by Gasteiger charge is 2.02. The van der Waals surface area contributed by atoms with E-state index in [0.29, 0.717) is 0 Å². The molecule has 0 bridgehead atoms. The summed E-state index contributed by atoms with van der Waals surface area (Å²) in [5.74, 6) is 0.919. The first-order valence-corrected chi connectivity index (χ1v) is 5.76. The second kappa shape index (κ2) is 5.61. The van der Waals surface area contributed by atoms with Gasteiger partial charge >= 0.3 is 0 Å². The standard InChI is InChI=1S/C12H18N4/c1-10-8-12(16-9-15-10)14-7-4-11-2-5-13-6-3-11/h2,8-9,13H,3-7H2,1H3,(H,14,15,16). The van der Waals surface area contributed by atoms with Crippen LogP contribution in [-0.4, -0.2) is 29.6 Å². The van der Waals surface area contributed by atoms with Gasteiger partial charge < -0.3 is 10.6 Å². The molecule has 0 saturated heterocycles. The van der Waals surface area contributed by atoms with Crippen LogP contribution < -0.4 is 10.6 Å². The van der Waals surface area contributed by atoms with Crippen molar-refractivity contribution in [2.75, 3.05) is 25.0 Å². The molecule has 0 aliphatic carbocycles. The Labute approximate surface area is 96.2 Å². The SMILES string of the molecule is Cc1cc(NCCC2=CCNCC2)ncn1. The van der Waals surface area contributed by atoms with Crippen molar-refractivity contribution in [1.82, 2.24) is 15.3 Å². The minimum Gasteiger partial charge on any atom is -0.370 e. The smallest absolute Gasteiger partial charge is 0.129 e. The molecule has 2 rings (SSSR count). The predicted molar refractivity (Wildman–Crippen MR) is 65.4 cm³/mol. The van der Waals surface area contributed by atoms with E-state index in [2.05, 4.69) is 26.7 Å². The van der Waals surface area contributed by atoms with Crippen molar-refractivity contribution in [1.29, 1.82) is 0 Å². The summed E-state index contributed by atoms with van der Waals surface area (Å²) in [6, 6.07) is 1.97. The number of rotatable bonds is 4. The number of nitrogens with zero attached hydrogens (tertiary/aromatic N) is 2. The van der Waals surface area contributed by atoms with E-state index in [1.165, 1.54) is 12.0 Å². The normalized spacial score (nSPS) is 15.7. The Kier molecular flexibility index (Phi) is 3.88. The maximum absolute atomic E-state index is 4.17. The molecule has 16 heavy (non-hydrogen) atoms. The van der Waals surface area contributed by atoms with Gasteiger partial charge in [-0.15, -0.1) is 0 Å². The summed E-state index contributed by atoms with van der Waals surface area (Å²) >= 11 is 0. The molecular formula is C12H18N4. The van der Waals surface area contributed by atoms with Crippen LogP contribution in [0.15, 0.2) is 24.0 Å². The molecule has 2 N–H and O–H groups in total. The third-order valence-corrected chi connectivity index (χ3v) is 2.71. The van der Waals surface area contributed by atoms with Crippen molar-refractivity contribution in [2.24, 2.45) is 0 Å². The van der Waals surface area contributed by atoms with Gasteiger partial charge in [-0.05, 0) is 26.3 Å². The van der Waals surface area contributed by atoms with E-state index in [-0.39, 0.29) is 0 Å². The Morgan fingerprint density at radius 1 is 1.44 bits per heavy atom. The molecule has 1 aliphatic heterocycles. The highest BCUT2D eigenvalue weighted by molar-refractivity contribution is 5.34. The third-order valence-electron chi connectivity index (χ3n) is 2.71. The van der Waals surface area contributed by atoms with Crippen LogP contribution in [0.2, 0.25) is 0 Å². The topological polar surface area (TPSA) is 49.8 Å². The van der Waals surface area contributed by atoms with Crippen LogP contribution in [0, 0.1) is 6.92 Å². The van der Waals surface area contributed by atoms with E-state index < -0.39 is 0 Å². The van der Waals surface area contributed by atoms with E-state index in [1.54, 1.807) is 6.33 Å². The zero-order chi connectivity index (χ0) is 11.2. The summed E-state index contributed by atoms with van der Waals surface area (Å²) in [6.07, 6.45) is 6.16. The second-order valence-electron chi connectivity index (χ2n) is 4.04. The van der Waals surface area contributed by atoms with Gasteiger partial charge in [0, 0.05) is 24.8 Å². The van der Waals surface area contributed by atoms with Crippen LogP contribution >= 0.6 is 0 Å². The molecule has 0 spiro atoms. The average molecular weight is 218 g/mol. The van der Waals surface area contributed by atoms with Crippen LogP contribution in [0.5, 0.6) is 0 Å². The fourth-order valence-electron chi connectivity index (χ4n) is 1.80. The molecule has 0 saturated carbocycles. The number of hydrogen-bond donors (Lipinski definition) is 2. The van der Waals surface area contributed by atoms with E-state index in [1.807, 2.05) is 13.0 Å². The zero-order valence-electron chi connectivity index (χ0n) is 9.66. The molecule has 0 radical (unpaired) electrons. The predicted octanol–water partition coefficient (Wildman–Crippen LogP) is 1.51. The zero-order valence-corrected chi connectivity index (χ0v) is 9.66. The minimum atomic E-state index is 0.919. The number of hydrogen-bond acceptors (Lipinski definition) is 4. The highest BCUT2D eigenvalue weighted by Crippen LogP contribution is 2.10. The number of anilines is 1. The van der Waals surface area contributed by atoms with Gasteiger partial charge in [-0.25, -0.2) is 9.97 Å². The largest absolute Gasteiger partial charge is 0.370 e. The molecular weight excluding hydrogens is 200 g/mol. The molecule has 1 aliphatic rings. The van der Waals surface area contributed by atoms with Gasteiger partial charge in [0.2, 0.25) is 0 Å². The molecule has 2 heterocycles. The highest BCUT2D eigenvalue weighted by atomic mass is 15.0. The Morgan fingerprint density at radius 3 is 3.12 bits per heavy atom. The second-order valence-corrected chi connectivity index (χ2v) is 4.04. The Bertz CT molecular complexity index is 373. The summed E-state index contributed by atoms with van der Waals surface area (Å²) in [6.45, 7) is 5.05. The molecule has 0 unspecified atom stereocenters. The van der Waals surface area contributed by atoms with Crippen molar-refractivity contribution >= 4 is 5.82 Å². The van der Waals surface area contributed by atoms with Crippen molar-refractivity contribution in [2.45, 2.75) is 19.8 Å². The van der Waals surface area contributed by atoms with E-state index in [0.717, 1.165) is 37.6 Å². The first-order valence-electron chi connectivity index (χ1n) is 5.76. The molecule has 86 valence electrons. The third kappa shape index (κ3) is 3.31. The van der Waals surface area contributed by atoms with Gasteiger partial charge in [-0.3, -0.25) is 0 Å².